The number of carbonyl (C=O) groups is 1. The van der Waals surface area contributed by atoms with E-state index in [4.69, 9.17) is 23.2 Å². The molecule has 3 aromatic rings. The Hall–Kier alpha value is -2.49. The highest BCUT2D eigenvalue weighted by molar-refractivity contribution is 6.42. The third kappa shape index (κ3) is 4.37. The first kappa shape index (κ1) is 21.4. The Balaban J connectivity index is 1.15. The molecule has 2 aliphatic heterocycles. The fourth-order valence-electron chi connectivity index (χ4n) is 4.63. The number of likely N-dealkylation sites (tertiary alicyclic amines) is 2. The summed E-state index contributed by atoms with van der Waals surface area (Å²) in [6.07, 6.45) is 7.99. The van der Waals surface area contributed by atoms with Crippen LogP contribution < -0.4 is 5.32 Å². The smallest absolute Gasteiger partial charge is 0.241 e. The molecule has 32 heavy (non-hydrogen) atoms. The van der Waals surface area contributed by atoms with Gasteiger partial charge in [-0.15, -0.1) is 0 Å². The summed E-state index contributed by atoms with van der Waals surface area (Å²) in [6, 6.07) is 4.20. The number of hydrogen-bond acceptors (Lipinski definition) is 7. The predicted molar refractivity (Wildman–Crippen MR) is 123 cm³/mol. The van der Waals surface area contributed by atoms with Crippen LogP contribution in [0.15, 0.2) is 30.9 Å². The Kier molecular flexibility index (Phi) is 6.12. The van der Waals surface area contributed by atoms with E-state index in [-0.39, 0.29) is 12.5 Å². The van der Waals surface area contributed by atoms with Crippen molar-refractivity contribution in [1.82, 2.24) is 34.8 Å². The number of nitrogens with zero attached hydrogens (tertiary/aromatic N) is 7. The number of nitrogens with one attached hydrogen (secondary N) is 1. The third-order valence-electron chi connectivity index (χ3n) is 6.38. The van der Waals surface area contributed by atoms with Gasteiger partial charge >= 0.3 is 0 Å². The van der Waals surface area contributed by atoms with Crippen LogP contribution in [-0.4, -0.2) is 79.4 Å². The van der Waals surface area contributed by atoms with Crippen molar-refractivity contribution in [2.24, 2.45) is 0 Å². The van der Waals surface area contributed by atoms with Gasteiger partial charge in [0.25, 0.3) is 0 Å². The zero-order valence-corrected chi connectivity index (χ0v) is 19.0. The van der Waals surface area contributed by atoms with Crippen molar-refractivity contribution in [3.63, 3.8) is 0 Å². The first-order chi connectivity index (χ1) is 15.6. The molecule has 11 heteroatoms. The van der Waals surface area contributed by atoms with Gasteiger partial charge in [0, 0.05) is 37.6 Å². The number of fused-ring (bicyclic) bond motifs is 1. The molecule has 1 amide bonds. The summed E-state index contributed by atoms with van der Waals surface area (Å²) >= 11 is 12.2. The molecule has 1 aromatic carbocycles. The molecule has 1 N–H and O–H groups in total. The van der Waals surface area contributed by atoms with Crippen molar-refractivity contribution in [2.75, 3.05) is 38.0 Å². The standard InChI is InChI=1S/C21H24Cl2N8O/c22-17-9-16-19(10-18(17)23)25-13-26-21(16)24-11-20(32)30-8-3-15(12-30)29-6-1-14(2-7-29)31-27-4-5-28-31/h4-5,9-10,13-15H,1-3,6-8,11-12H2,(H,24,25,26). The maximum Gasteiger partial charge on any atom is 0.241 e. The van der Waals surface area contributed by atoms with Crippen LogP contribution in [0.25, 0.3) is 10.9 Å². The summed E-state index contributed by atoms with van der Waals surface area (Å²) in [4.78, 5) is 27.6. The quantitative estimate of drug-likeness (QED) is 0.607. The van der Waals surface area contributed by atoms with Crippen LogP contribution in [-0.2, 0) is 4.79 Å². The van der Waals surface area contributed by atoms with Gasteiger partial charge in [-0.1, -0.05) is 23.2 Å². The van der Waals surface area contributed by atoms with Crippen molar-refractivity contribution >= 4 is 45.8 Å². The first-order valence-corrected chi connectivity index (χ1v) is 11.6. The van der Waals surface area contributed by atoms with E-state index < -0.39 is 0 Å². The van der Waals surface area contributed by atoms with Gasteiger partial charge in [0.2, 0.25) is 5.91 Å². The molecule has 0 aliphatic carbocycles. The third-order valence-corrected chi connectivity index (χ3v) is 7.10. The molecule has 0 bridgehead atoms. The van der Waals surface area contributed by atoms with Gasteiger partial charge in [-0.05, 0) is 31.4 Å². The Morgan fingerprint density at radius 3 is 2.50 bits per heavy atom. The molecule has 2 aliphatic rings. The van der Waals surface area contributed by atoms with E-state index in [1.54, 1.807) is 24.5 Å². The number of rotatable bonds is 5. The molecule has 5 rings (SSSR count). The molecule has 168 valence electrons. The minimum absolute atomic E-state index is 0.0648. The van der Waals surface area contributed by atoms with E-state index in [0.29, 0.717) is 33.5 Å². The summed E-state index contributed by atoms with van der Waals surface area (Å²) in [6.45, 7) is 3.72. The SMILES string of the molecule is O=C(CNc1ncnc2cc(Cl)c(Cl)cc12)N1CCC(N2CCC(n3nccn3)CC2)C1. The average molecular weight is 475 g/mol. The van der Waals surface area contributed by atoms with Crippen LogP contribution in [0.2, 0.25) is 10.0 Å². The number of amides is 1. The van der Waals surface area contributed by atoms with Crippen molar-refractivity contribution in [3.8, 4) is 0 Å². The fraction of sp³-hybridized carbons (Fsp3) is 0.476. The van der Waals surface area contributed by atoms with Crippen molar-refractivity contribution in [2.45, 2.75) is 31.3 Å². The molecular formula is C21H24Cl2N8O. The number of carbonyl (C=O) groups excluding carboxylic acids is 1. The minimum atomic E-state index is 0.0648. The van der Waals surface area contributed by atoms with E-state index in [0.717, 1.165) is 50.8 Å². The highest BCUT2D eigenvalue weighted by atomic mass is 35.5. The Bertz CT molecular complexity index is 1100. The Morgan fingerprint density at radius 1 is 1.00 bits per heavy atom. The van der Waals surface area contributed by atoms with E-state index in [1.165, 1.54) is 6.33 Å². The lowest BCUT2D eigenvalue weighted by atomic mass is 10.0. The molecule has 1 unspecified atom stereocenters. The Labute approximate surface area is 195 Å². The van der Waals surface area contributed by atoms with E-state index >= 15 is 0 Å². The molecule has 0 saturated carbocycles. The minimum Gasteiger partial charge on any atom is -0.360 e. The van der Waals surface area contributed by atoms with Gasteiger partial charge in [-0.25, -0.2) is 9.97 Å². The second-order valence-electron chi connectivity index (χ2n) is 8.26. The first-order valence-electron chi connectivity index (χ1n) is 10.8. The van der Waals surface area contributed by atoms with Crippen LogP contribution in [0.3, 0.4) is 0 Å². The normalized spacial score (nSPS) is 20.2. The second-order valence-corrected chi connectivity index (χ2v) is 9.07. The summed E-state index contributed by atoms with van der Waals surface area (Å²) in [5.41, 5.74) is 0.680. The maximum absolute atomic E-state index is 12.8. The summed E-state index contributed by atoms with van der Waals surface area (Å²) in [5.74, 6) is 0.641. The van der Waals surface area contributed by atoms with Crippen molar-refractivity contribution in [1.29, 1.82) is 0 Å². The number of halogens is 2. The lowest BCUT2D eigenvalue weighted by Gasteiger charge is -2.35. The predicted octanol–water partition coefficient (Wildman–Crippen LogP) is 2.88. The fourth-order valence-corrected chi connectivity index (χ4v) is 4.95. The van der Waals surface area contributed by atoms with Crippen molar-refractivity contribution in [3.05, 3.63) is 40.9 Å². The number of benzene rings is 1. The van der Waals surface area contributed by atoms with Crippen molar-refractivity contribution < 1.29 is 4.79 Å². The zero-order valence-electron chi connectivity index (χ0n) is 17.5. The highest BCUT2D eigenvalue weighted by Gasteiger charge is 2.33. The van der Waals surface area contributed by atoms with E-state index in [1.807, 2.05) is 9.70 Å². The molecule has 9 nitrogen and oxygen atoms in total. The van der Waals surface area contributed by atoms with Crippen LogP contribution in [0, 0.1) is 0 Å². The van der Waals surface area contributed by atoms with Crippen LogP contribution in [0.1, 0.15) is 25.3 Å². The van der Waals surface area contributed by atoms with Crippen LogP contribution >= 0.6 is 23.2 Å². The average Bonchev–Trinajstić information content (AvgIpc) is 3.51. The second kappa shape index (κ2) is 9.17. The van der Waals surface area contributed by atoms with Gasteiger partial charge in [-0.2, -0.15) is 15.0 Å². The molecular weight excluding hydrogens is 451 g/mol. The highest BCUT2D eigenvalue weighted by Crippen LogP contribution is 2.30. The largest absolute Gasteiger partial charge is 0.360 e. The number of hydrogen-bond donors (Lipinski definition) is 1. The molecule has 0 spiro atoms. The van der Waals surface area contributed by atoms with Crippen LogP contribution in [0.4, 0.5) is 5.82 Å². The molecule has 1 atom stereocenters. The lowest BCUT2D eigenvalue weighted by molar-refractivity contribution is -0.128. The van der Waals surface area contributed by atoms with Gasteiger partial charge in [-0.3, -0.25) is 9.69 Å². The molecule has 2 aromatic heterocycles. The van der Waals surface area contributed by atoms with E-state index in [2.05, 4.69) is 30.4 Å². The monoisotopic (exact) mass is 474 g/mol. The Morgan fingerprint density at radius 2 is 1.72 bits per heavy atom. The summed E-state index contributed by atoms with van der Waals surface area (Å²) < 4.78 is 0. The van der Waals surface area contributed by atoms with Gasteiger partial charge in [0.15, 0.2) is 0 Å². The van der Waals surface area contributed by atoms with Crippen LogP contribution in [0.5, 0.6) is 0 Å². The lowest BCUT2D eigenvalue weighted by Crippen LogP contribution is -2.44. The topological polar surface area (TPSA) is 92.1 Å². The maximum atomic E-state index is 12.8. The van der Waals surface area contributed by atoms with Gasteiger partial charge in [0.05, 0.1) is 40.5 Å². The van der Waals surface area contributed by atoms with E-state index in [9.17, 15) is 4.79 Å². The molecule has 2 saturated heterocycles. The summed E-state index contributed by atoms with van der Waals surface area (Å²) in [7, 11) is 0. The number of piperidine rings is 1. The number of anilines is 1. The summed E-state index contributed by atoms with van der Waals surface area (Å²) in [5, 5.41) is 13.3. The molecule has 2 fully saturated rings. The molecule has 0 radical (unpaired) electrons. The van der Waals surface area contributed by atoms with Gasteiger partial charge in [0.1, 0.15) is 12.1 Å². The molecule has 4 heterocycles. The number of aromatic nitrogens is 5. The van der Waals surface area contributed by atoms with Gasteiger partial charge < -0.3 is 10.2 Å². The zero-order chi connectivity index (χ0) is 22.1.